The molecule has 0 spiro atoms. The van der Waals surface area contributed by atoms with E-state index in [1.165, 1.54) is 18.2 Å². The minimum atomic E-state index is -4.42. The summed E-state index contributed by atoms with van der Waals surface area (Å²) in [5.41, 5.74) is -0.207. The van der Waals surface area contributed by atoms with E-state index in [-0.39, 0.29) is 19.0 Å². The van der Waals surface area contributed by atoms with Gasteiger partial charge in [-0.3, -0.25) is 0 Å². The van der Waals surface area contributed by atoms with Crippen LogP contribution >= 0.6 is 0 Å². The van der Waals surface area contributed by atoms with Gasteiger partial charge >= 0.3 is 12.1 Å². The van der Waals surface area contributed by atoms with E-state index in [4.69, 9.17) is 19.7 Å². The van der Waals surface area contributed by atoms with Gasteiger partial charge in [0.15, 0.2) is 0 Å². The molecule has 0 aromatic heterocycles. The Balaban J connectivity index is 2.11. The van der Waals surface area contributed by atoms with Gasteiger partial charge < -0.3 is 19.7 Å². The number of aliphatic hydroxyl groups is 1. The van der Waals surface area contributed by atoms with Crippen LogP contribution in [0.3, 0.4) is 0 Å². The molecular formula is C17H19F3O5. The minimum Gasteiger partial charge on any atom is -0.475 e. The second-order valence-corrected chi connectivity index (χ2v) is 5.65. The van der Waals surface area contributed by atoms with Crippen molar-refractivity contribution in [3.05, 3.63) is 47.2 Å². The topological polar surface area (TPSA) is 76.0 Å². The Kier molecular flexibility index (Phi) is 6.44. The summed E-state index contributed by atoms with van der Waals surface area (Å²) in [6.07, 6.45) is -2.42. The second kappa shape index (κ2) is 8.35. The molecule has 1 heterocycles. The normalized spacial score (nSPS) is 20.7. The zero-order chi connectivity index (χ0) is 18.4. The van der Waals surface area contributed by atoms with Crippen molar-refractivity contribution in [1.82, 2.24) is 0 Å². The van der Waals surface area contributed by atoms with Crippen LogP contribution in [0.15, 0.2) is 36.1 Å². The summed E-state index contributed by atoms with van der Waals surface area (Å²) in [6, 6.07) is 4.60. The van der Waals surface area contributed by atoms with E-state index in [1.54, 1.807) is 0 Å². The first-order chi connectivity index (χ1) is 11.8. The van der Waals surface area contributed by atoms with Crippen molar-refractivity contribution in [2.24, 2.45) is 0 Å². The Bertz CT molecular complexity index is 610. The van der Waals surface area contributed by atoms with Gasteiger partial charge in [0.2, 0.25) is 12.0 Å². The van der Waals surface area contributed by atoms with Gasteiger partial charge in [-0.25, -0.2) is 4.79 Å². The van der Waals surface area contributed by atoms with Gasteiger partial charge in [0.05, 0.1) is 12.2 Å². The largest absolute Gasteiger partial charge is 0.475 e. The number of carboxylic acids is 1. The van der Waals surface area contributed by atoms with E-state index in [0.717, 1.165) is 12.1 Å². The lowest BCUT2D eigenvalue weighted by Crippen LogP contribution is -2.27. The molecule has 1 aliphatic heterocycles. The van der Waals surface area contributed by atoms with Crippen molar-refractivity contribution in [2.45, 2.75) is 37.6 Å². The van der Waals surface area contributed by atoms with Gasteiger partial charge in [-0.05, 0) is 36.6 Å². The van der Waals surface area contributed by atoms with E-state index < -0.39 is 29.9 Å². The van der Waals surface area contributed by atoms with Crippen molar-refractivity contribution in [3.8, 4) is 0 Å². The lowest BCUT2D eigenvalue weighted by molar-refractivity contribution is -0.157. The van der Waals surface area contributed by atoms with E-state index in [9.17, 15) is 18.0 Å². The van der Waals surface area contributed by atoms with E-state index in [2.05, 4.69) is 0 Å². The van der Waals surface area contributed by atoms with Crippen LogP contribution in [0, 0.1) is 0 Å². The fourth-order valence-electron chi connectivity index (χ4n) is 2.49. The number of halogens is 3. The Hall–Kier alpha value is -2.06. The van der Waals surface area contributed by atoms with Gasteiger partial charge in [0.25, 0.3) is 0 Å². The number of carboxylic acid groups (broad SMARTS) is 1. The Morgan fingerprint density at radius 1 is 1.24 bits per heavy atom. The summed E-state index contributed by atoms with van der Waals surface area (Å²) in [5, 5.41) is 17.9. The molecule has 8 heteroatoms. The van der Waals surface area contributed by atoms with Crippen molar-refractivity contribution in [3.63, 3.8) is 0 Å². The van der Waals surface area contributed by atoms with Crippen LogP contribution < -0.4 is 0 Å². The third-order valence-corrected chi connectivity index (χ3v) is 3.79. The van der Waals surface area contributed by atoms with Crippen molar-refractivity contribution < 1.29 is 37.7 Å². The number of aliphatic hydroxyl groups excluding tert-OH is 1. The fraction of sp³-hybridized carbons (Fsp3) is 0.471. The lowest BCUT2D eigenvalue weighted by atomic mass is 9.92. The summed E-state index contributed by atoms with van der Waals surface area (Å²) in [4.78, 5) is 11.2. The molecule has 0 saturated carbocycles. The zero-order valence-corrected chi connectivity index (χ0v) is 13.3. The minimum absolute atomic E-state index is 0.0311. The highest BCUT2D eigenvalue weighted by molar-refractivity contribution is 5.84. The molecule has 1 aromatic carbocycles. The molecule has 0 aliphatic carbocycles. The third kappa shape index (κ3) is 5.47. The van der Waals surface area contributed by atoms with Gasteiger partial charge in [-0.2, -0.15) is 13.2 Å². The molecule has 0 bridgehead atoms. The zero-order valence-electron chi connectivity index (χ0n) is 13.3. The fourth-order valence-corrected chi connectivity index (χ4v) is 2.49. The Labute approximate surface area is 142 Å². The number of rotatable bonds is 7. The SMILES string of the molecule is O=C(O)C1=C[C@@H](c2ccc(C(F)(F)F)cc2)C[C@@H](OCCCCO)O1. The maximum atomic E-state index is 12.6. The maximum absolute atomic E-state index is 12.6. The van der Waals surface area contributed by atoms with Crippen molar-refractivity contribution >= 4 is 5.97 Å². The molecular weight excluding hydrogens is 341 g/mol. The first kappa shape index (κ1) is 19.3. The summed E-state index contributed by atoms with van der Waals surface area (Å²) in [5.74, 6) is -1.98. The highest BCUT2D eigenvalue weighted by Gasteiger charge is 2.32. The van der Waals surface area contributed by atoms with Crippen LogP contribution in [0.1, 0.15) is 36.3 Å². The molecule has 1 aromatic rings. The van der Waals surface area contributed by atoms with Crippen molar-refractivity contribution in [2.75, 3.05) is 13.2 Å². The number of benzene rings is 1. The highest BCUT2D eigenvalue weighted by Crippen LogP contribution is 2.34. The van der Waals surface area contributed by atoms with E-state index >= 15 is 0 Å². The third-order valence-electron chi connectivity index (χ3n) is 3.79. The molecule has 2 rings (SSSR count). The number of carbonyl (C=O) groups is 1. The summed E-state index contributed by atoms with van der Waals surface area (Å²) < 4.78 is 48.7. The monoisotopic (exact) mass is 360 g/mol. The van der Waals surface area contributed by atoms with Crippen molar-refractivity contribution in [1.29, 1.82) is 0 Å². The molecule has 0 fully saturated rings. The smallest absolute Gasteiger partial charge is 0.416 e. The number of allylic oxidation sites excluding steroid dienone is 1. The predicted molar refractivity (Wildman–Crippen MR) is 81.7 cm³/mol. The predicted octanol–water partition coefficient (Wildman–Crippen LogP) is 3.29. The van der Waals surface area contributed by atoms with Crippen LogP contribution in [0.4, 0.5) is 13.2 Å². The Morgan fingerprint density at radius 3 is 2.48 bits per heavy atom. The average molecular weight is 360 g/mol. The lowest BCUT2D eigenvalue weighted by Gasteiger charge is -2.28. The summed E-state index contributed by atoms with van der Waals surface area (Å²) in [7, 11) is 0. The van der Waals surface area contributed by atoms with E-state index in [1.807, 2.05) is 0 Å². The van der Waals surface area contributed by atoms with Crippen LogP contribution in [-0.2, 0) is 20.4 Å². The summed E-state index contributed by atoms with van der Waals surface area (Å²) in [6.45, 7) is 0.321. The molecule has 138 valence electrons. The van der Waals surface area contributed by atoms with Crippen LogP contribution in [-0.4, -0.2) is 35.7 Å². The van der Waals surface area contributed by atoms with Gasteiger partial charge in [-0.15, -0.1) is 0 Å². The Morgan fingerprint density at radius 2 is 1.92 bits per heavy atom. The first-order valence-corrected chi connectivity index (χ1v) is 7.82. The molecule has 0 radical (unpaired) electrons. The molecule has 1 aliphatic rings. The molecule has 0 saturated heterocycles. The number of aliphatic carboxylic acids is 1. The van der Waals surface area contributed by atoms with Gasteiger partial charge in [0.1, 0.15) is 0 Å². The quantitative estimate of drug-likeness (QED) is 0.730. The number of alkyl halides is 3. The maximum Gasteiger partial charge on any atom is 0.416 e. The number of ether oxygens (including phenoxy) is 2. The molecule has 0 unspecified atom stereocenters. The standard InChI is InChI=1S/C17H19F3O5/c18-17(19,20)13-5-3-11(4-6-13)12-9-14(16(22)23)25-15(10-12)24-8-2-1-7-21/h3-6,9,12,15,21H,1-2,7-8,10H2,(H,22,23)/t12-,15+/m1/s1. The number of hydrogen-bond acceptors (Lipinski definition) is 4. The molecule has 5 nitrogen and oxygen atoms in total. The van der Waals surface area contributed by atoms with Gasteiger partial charge in [-0.1, -0.05) is 12.1 Å². The molecule has 0 amide bonds. The van der Waals surface area contributed by atoms with Gasteiger partial charge in [0, 0.05) is 18.9 Å². The highest BCUT2D eigenvalue weighted by atomic mass is 19.4. The second-order valence-electron chi connectivity index (χ2n) is 5.65. The number of hydrogen-bond donors (Lipinski definition) is 2. The van der Waals surface area contributed by atoms with Crippen LogP contribution in [0.5, 0.6) is 0 Å². The van der Waals surface area contributed by atoms with Crippen LogP contribution in [0.25, 0.3) is 0 Å². The average Bonchev–Trinajstić information content (AvgIpc) is 2.58. The number of unbranched alkanes of at least 4 members (excludes halogenated alkanes) is 1. The molecule has 2 N–H and O–H groups in total. The van der Waals surface area contributed by atoms with E-state index in [0.29, 0.717) is 24.8 Å². The molecule has 2 atom stereocenters. The summed E-state index contributed by atoms with van der Waals surface area (Å²) >= 11 is 0. The van der Waals surface area contributed by atoms with Crippen LogP contribution in [0.2, 0.25) is 0 Å². The molecule has 25 heavy (non-hydrogen) atoms. The first-order valence-electron chi connectivity index (χ1n) is 7.82.